The standard InChI is InChI=1S/C11H11N3O3/c15-9-3-1-2-7(4-9)11(17)12-6-8-5-10(16)14-13-8/h1-5,15H,6H2,(H,12,17)(H2,13,14,16). The number of carbonyl (C=O) groups excluding carboxylic acids is 1. The molecule has 1 heterocycles. The van der Waals surface area contributed by atoms with Gasteiger partial charge in [0.1, 0.15) is 5.75 Å². The summed E-state index contributed by atoms with van der Waals surface area (Å²) < 4.78 is 0. The second-order valence-corrected chi connectivity index (χ2v) is 3.52. The fourth-order valence-electron chi connectivity index (χ4n) is 1.39. The zero-order chi connectivity index (χ0) is 12.3. The lowest BCUT2D eigenvalue weighted by atomic mass is 10.2. The highest BCUT2D eigenvalue weighted by atomic mass is 16.3. The van der Waals surface area contributed by atoms with Gasteiger partial charge in [0.25, 0.3) is 11.5 Å². The first-order valence-corrected chi connectivity index (χ1v) is 4.99. The van der Waals surface area contributed by atoms with Crippen molar-refractivity contribution >= 4 is 5.91 Å². The number of amides is 1. The molecule has 0 aliphatic heterocycles. The monoisotopic (exact) mass is 233 g/mol. The minimum Gasteiger partial charge on any atom is -0.508 e. The molecule has 0 unspecified atom stereocenters. The van der Waals surface area contributed by atoms with E-state index in [0.29, 0.717) is 11.3 Å². The van der Waals surface area contributed by atoms with Crippen molar-refractivity contribution in [2.24, 2.45) is 0 Å². The van der Waals surface area contributed by atoms with Gasteiger partial charge >= 0.3 is 0 Å². The van der Waals surface area contributed by atoms with E-state index in [2.05, 4.69) is 15.5 Å². The number of hydrogen-bond donors (Lipinski definition) is 4. The summed E-state index contributed by atoms with van der Waals surface area (Å²) in [5.74, 6) is -0.282. The molecule has 1 aromatic heterocycles. The van der Waals surface area contributed by atoms with E-state index < -0.39 is 0 Å². The molecule has 0 radical (unpaired) electrons. The number of phenols is 1. The Balaban J connectivity index is 2.00. The highest BCUT2D eigenvalue weighted by Gasteiger charge is 2.06. The van der Waals surface area contributed by atoms with Gasteiger partial charge in [-0.1, -0.05) is 6.07 Å². The Morgan fingerprint density at radius 3 is 2.76 bits per heavy atom. The average molecular weight is 233 g/mol. The summed E-state index contributed by atoms with van der Waals surface area (Å²) in [6, 6.07) is 7.40. The molecule has 0 bridgehead atoms. The maximum Gasteiger partial charge on any atom is 0.264 e. The third-order valence-electron chi connectivity index (χ3n) is 2.20. The largest absolute Gasteiger partial charge is 0.508 e. The van der Waals surface area contributed by atoms with Crippen LogP contribution in [0.1, 0.15) is 16.1 Å². The highest BCUT2D eigenvalue weighted by molar-refractivity contribution is 5.94. The molecule has 88 valence electrons. The summed E-state index contributed by atoms with van der Waals surface area (Å²) in [6.45, 7) is 0.216. The second kappa shape index (κ2) is 4.56. The van der Waals surface area contributed by atoms with E-state index in [1.807, 2.05) is 0 Å². The molecule has 17 heavy (non-hydrogen) atoms. The molecule has 1 amide bonds. The van der Waals surface area contributed by atoms with Gasteiger partial charge in [-0.3, -0.25) is 14.7 Å². The van der Waals surface area contributed by atoms with Crippen LogP contribution in [0.4, 0.5) is 0 Å². The van der Waals surface area contributed by atoms with Crippen molar-refractivity contribution in [3.05, 3.63) is 51.9 Å². The quantitative estimate of drug-likeness (QED) is 0.615. The van der Waals surface area contributed by atoms with Crippen LogP contribution in [-0.2, 0) is 6.54 Å². The summed E-state index contributed by atoms with van der Waals surface area (Å²) in [4.78, 5) is 22.5. The lowest BCUT2D eigenvalue weighted by Gasteiger charge is -2.03. The summed E-state index contributed by atoms with van der Waals surface area (Å²) in [5, 5.41) is 16.8. The van der Waals surface area contributed by atoms with E-state index in [4.69, 9.17) is 0 Å². The average Bonchev–Trinajstić information content (AvgIpc) is 2.72. The summed E-state index contributed by atoms with van der Waals surface area (Å²) in [6.07, 6.45) is 0. The van der Waals surface area contributed by atoms with Crippen LogP contribution in [0.3, 0.4) is 0 Å². The number of aromatic nitrogens is 2. The number of aromatic hydroxyl groups is 1. The number of hydrogen-bond acceptors (Lipinski definition) is 3. The number of rotatable bonds is 3. The molecule has 6 heteroatoms. The van der Waals surface area contributed by atoms with Crippen molar-refractivity contribution in [3.63, 3.8) is 0 Å². The van der Waals surface area contributed by atoms with Crippen LogP contribution >= 0.6 is 0 Å². The SMILES string of the molecule is O=C(NCc1cc(=O)[nH][nH]1)c1cccc(O)c1. The summed E-state index contributed by atoms with van der Waals surface area (Å²) in [5.41, 5.74) is 0.706. The maximum atomic E-state index is 11.7. The molecular weight excluding hydrogens is 222 g/mol. The first-order chi connectivity index (χ1) is 8.15. The van der Waals surface area contributed by atoms with Gasteiger partial charge in [0.2, 0.25) is 0 Å². The summed E-state index contributed by atoms with van der Waals surface area (Å²) in [7, 11) is 0. The number of nitrogens with one attached hydrogen (secondary N) is 3. The van der Waals surface area contributed by atoms with Crippen LogP contribution in [0.5, 0.6) is 5.75 Å². The van der Waals surface area contributed by atoms with Crippen LogP contribution < -0.4 is 10.9 Å². The molecule has 2 rings (SSSR count). The molecule has 6 nitrogen and oxygen atoms in total. The molecule has 0 saturated heterocycles. The van der Waals surface area contributed by atoms with Gasteiger partial charge in [-0.15, -0.1) is 0 Å². The van der Waals surface area contributed by atoms with Crippen molar-refractivity contribution in [2.45, 2.75) is 6.54 Å². The van der Waals surface area contributed by atoms with Crippen LogP contribution in [0.25, 0.3) is 0 Å². The predicted octanol–water partition coefficient (Wildman–Crippen LogP) is 0.339. The van der Waals surface area contributed by atoms with E-state index in [1.54, 1.807) is 12.1 Å². The van der Waals surface area contributed by atoms with Crippen molar-refractivity contribution in [2.75, 3.05) is 0 Å². The Labute approximate surface area is 96.3 Å². The van der Waals surface area contributed by atoms with Gasteiger partial charge in [-0.05, 0) is 18.2 Å². The molecule has 0 aliphatic rings. The van der Waals surface area contributed by atoms with Gasteiger partial charge < -0.3 is 15.5 Å². The normalized spacial score (nSPS) is 10.1. The fourth-order valence-corrected chi connectivity index (χ4v) is 1.39. The molecule has 0 spiro atoms. The number of aromatic amines is 2. The van der Waals surface area contributed by atoms with Crippen molar-refractivity contribution in [3.8, 4) is 5.75 Å². The lowest BCUT2D eigenvalue weighted by molar-refractivity contribution is 0.0950. The number of H-pyrrole nitrogens is 2. The summed E-state index contributed by atoms with van der Waals surface area (Å²) >= 11 is 0. The van der Waals surface area contributed by atoms with Gasteiger partial charge in [0.15, 0.2) is 0 Å². The van der Waals surface area contributed by atoms with Crippen LogP contribution in [0, 0.1) is 0 Å². The van der Waals surface area contributed by atoms with E-state index >= 15 is 0 Å². The number of carbonyl (C=O) groups is 1. The van der Waals surface area contributed by atoms with E-state index in [-0.39, 0.29) is 23.8 Å². The van der Waals surface area contributed by atoms with E-state index in [9.17, 15) is 14.7 Å². The molecule has 2 aromatic rings. The van der Waals surface area contributed by atoms with E-state index in [1.165, 1.54) is 18.2 Å². The highest BCUT2D eigenvalue weighted by Crippen LogP contribution is 2.10. The third-order valence-corrected chi connectivity index (χ3v) is 2.20. The van der Waals surface area contributed by atoms with Crippen LogP contribution in [-0.4, -0.2) is 21.2 Å². The Morgan fingerprint density at radius 1 is 1.29 bits per heavy atom. The van der Waals surface area contributed by atoms with Gasteiger partial charge in [-0.2, -0.15) is 0 Å². The number of benzene rings is 1. The molecule has 0 atom stereocenters. The Bertz CT molecular complexity index is 585. The Kier molecular flexibility index (Phi) is 2.95. The van der Waals surface area contributed by atoms with E-state index in [0.717, 1.165) is 0 Å². The first-order valence-electron chi connectivity index (χ1n) is 4.99. The molecule has 0 fully saturated rings. The van der Waals surface area contributed by atoms with Crippen molar-refractivity contribution < 1.29 is 9.90 Å². The van der Waals surface area contributed by atoms with Crippen molar-refractivity contribution in [1.29, 1.82) is 0 Å². The first kappa shape index (κ1) is 11.0. The Morgan fingerprint density at radius 2 is 2.12 bits per heavy atom. The molecule has 0 saturated carbocycles. The molecule has 1 aromatic carbocycles. The zero-order valence-corrected chi connectivity index (χ0v) is 8.86. The Hall–Kier alpha value is -2.50. The number of phenolic OH excluding ortho intramolecular Hbond substituents is 1. The third kappa shape index (κ3) is 2.75. The van der Waals surface area contributed by atoms with Crippen molar-refractivity contribution in [1.82, 2.24) is 15.5 Å². The smallest absolute Gasteiger partial charge is 0.264 e. The van der Waals surface area contributed by atoms with Gasteiger partial charge in [0.05, 0.1) is 12.2 Å². The minimum atomic E-state index is -0.317. The van der Waals surface area contributed by atoms with Gasteiger partial charge in [-0.25, -0.2) is 0 Å². The fraction of sp³-hybridized carbons (Fsp3) is 0.0909. The minimum absolute atomic E-state index is 0.0349. The molecule has 0 aliphatic carbocycles. The molecule has 4 N–H and O–H groups in total. The van der Waals surface area contributed by atoms with Gasteiger partial charge in [0, 0.05) is 11.6 Å². The lowest BCUT2D eigenvalue weighted by Crippen LogP contribution is -2.22. The zero-order valence-electron chi connectivity index (χ0n) is 8.86. The second-order valence-electron chi connectivity index (χ2n) is 3.52. The maximum absolute atomic E-state index is 11.7. The molecular formula is C11H11N3O3. The van der Waals surface area contributed by atoms with Crippen LogP contribution in [0.2, 0.25) is 0 Å². The predicted molar refractivity (Wildman–Crippen MR) is 60.7 cm³/mol. The van der Waals surface area contributed by atoms with Crippen LogP contribution in [0.15, 0.2) is 35.1 Å². The topological polar surface area (TPSA) is 98.0 Å².